The number of ether oxygens (including phenoxy) is 1. The van der Waals surface area contributed by atoms with E-state index >= 15 is 0 Å². The van der Waals surface area contributed by atoms with Crippen molar-refractivity contribution in [1.82, 2.24) is 14.9 Å². The molecule has 0 saturated carbocycles. The molecule has 0 bridgehead atoms. The van der Waals surface area contributed by atoms with Crippen molar-refractivity contribution in [2.45, 2.75) is 19.8 Å². The molecule has 4 rings (SSSR count). The Kier molecular flexibility index (Phi) is 4.75. The van der Waals surface area contributed by atoms with Gasteiger partial charge >= 0.3 is 0 Å². The smallest absolute Gasteiger partial charge is 0.255 e. The number of hydrogen-bond acceptors (Lipinski definition) is 5. The Morgan fingerprint density at radius 2 is 2.11 bits per heavy atom. The van der Waals surface area contributed by atoms with Gasteiger partial charge in [-0.15, -0.1) is 0 Å². The Morgan fingerprint density at radius 3 is 2.85 bits per heavy atom. The highest BCUT2D eigenvalue weighted by molar-refractivity contribution is 9.10. The van der Waals surface area contributed by atoms with Crippen molar-refractivity contribution in [3.8, 4) is 0 Å². The van der Waals surface area contributed by atoms with Crippen LogP contribution in [0.4, 0.5) is 5.82 Å². The molecule has 0 radical (unpaired) electrons. The highest BCUT2D eigenvalue weighted by Crippen LogP contribution is 2.34. The molecule has 0 aliphatic carbocycles. The summed E-state index contributed by atoms with van der Waals surface area (Å²) in [5.41, 5.74) is 9.74. The molecule has 3 heterocycles. The van der Waals surface area contributed by atoms with Crippen molar-refractivity contribution >= 4 is 50.2 Å². The fourth-order valence-corrected chi connectivity index (χ4v) is 3.65. The van der Waals surface area contributed by atoms with Crippen molar-refractivity contribution in [1.29, 1.82) is 0 Å². The maximum absolute atomic E-state index is 13.0. The lowest BCUT2D eigenvalue weighted by Crippen LogP contribution is -2.27. The Labute approximate surface area is 169 Å². The van der Waals surface area contributed by atoms with Gasteiger partial charge in [0.05, 0.1) is 41.6 Å². The molecule has 0 unspecified atom stereocenters. The fourth-order valence-electron chi connectivity index (χ4n) is 3.18. The molecule has 138 valence electrons. The van der Waals surface area contributed by atoms with E-state index in [0.29, 0.717) is 41.7 Å². The number of benzene rings is 1. The Balaban J connectivity index is 1.70. The van der Waals surface area contributed by atoms with E-state index in [4.69, 9.17) is 22.1 Å². The normalized spacial score (nSPS) is 13.0. The Hall–Kier alpha value is -2.22. The van der Waals surface area contributed by atoms with Crippen LogP contribution >= 0.6 is 27.5 Å². The van der Waals surface area contributed by atoms with Gasteiger partial charge in [0.2, 0.25) is 0 Å². The summed E-state index contributed by atoms with van der Waals surface area (Å²) in [6.45, 7) is 1.26. The molecular formula is C19H16BrClN4O2. The minimum atomic E-state index is -0.184. The van der Waals surface area contributed by atoms with Gasteiger partial charge < -0.3 is 15.4 Å². The largest absolute Gasteiger partial charge is 0.383 e. The van der Waals surface area contributed by atoms with Crippen molar-refractivity contribution in [2.24, 2.45) is 0 Å². The Bertz CT molecular complexity index is 1060. The van der Waals surface area contributed by atoms with E-state index < -0.39 is 0 Å². The molecule has 0 spiro atoms. The number of carbonyl (C=O) groups is 1. The summed E-state index contributed by atoms with van der Waals surface area (Å²) in [5.74, 6) is 0.264. The number of fused-ring (bicyclic) bond motifs is 3. The van der Waals surface area contributed by atoms with Gasteiger partial charge in [-0.25, -0.2) is 4.98 Å². The highest BCUT2D eigenvalue weighted by Gasteiger charge is 2.23. The first kappa shape index (κ1) is 18.2. The molecule has 3 aromatic rings. The number of rotatable bonds is 3. The predicted molar refractivity (Wildman–Crippen MR) is 107 cm³/mol. The van der Waals surface area contributed by atoms with Crippen molar-refractivity contribution in [2.75, 3.05) is 12.8 Å². The summed E-state index contributed by atoms with van der Waals surface area (Å²) in [4.78, 5) is 23.3. The van der Waals surface area contributed by atoms with Gasteiger partial charge in [0, 0.05) is 28.7 Å². The third kappa shape index (κ3) is 3.38. The first-order valence-electron chi connectivity index (χ1n) is 8.28. The third-order valence-corrected chi connectivity index (χ3v) is 5.36. The number of nitrogens with zero attached hydrogens (tertiary/aromatic N) is 3. The zero-order valence-corrected chi connectivity index (χ0v) is 16.8. The molecular weight excluding hydrogens is 432 g/mol. The van der Waals surface area contributed by atoms with Gasteiger partial charge in [-0.1, -0.05) is 11.6 Å². The van der Waals surface area contributed by atoms with Gasteiger partial charge in [0.25, 0.3) is 5.91 Å². The second kappa shape index (κ2) is 7.07. The van der Waals surface area contributed by atoms with Crippen LogP contribution in [0.5, 0.6) is 0 Å². The minimum Gasteiger partial charge on any atom is -0.383 e. The summed E-state index contributed by atoms with van der Waals surface area (Å²) in [5, 5.41) is 1.19. The number of hydrogen-bond donors (Lipinski definition) is 1. The number of nitrogens with two attached hydrogens (primary N) is 1. The summed E-state index contributed by atoms with van der Waals surface area (Å²) < 4.78 is 6.40. The predicted octanol–water partition coefficient (Wildman–Crippen LogP) is 3.93. The lowest BCUT2D eigenvalue weighted by atomic mass is 10.0. The first-order chi connectivity index (χ1) is 12.9. The summed E-state index contributed by atoms with van der Waals surface area (Å²) in [7, 11) is 1.72. The van der Waals surface area contributed by atoms with E-state index in [-0.39, 0.29) is 5.91 Å². The number of nitrogen functional groups attached to an aromatic ring is 1. The molecule has 1 aliphatic heterocycles. The van der Waals surface area contributed by atoms with Crippen LogP contribution in [0, 0.1) is 0 Å². The number of anilines is 1. The van der Waals surface area contributed by atoms with E-state index in [2.05, 4.69) is 25.9 Å². The second-order valence-corrected chi connectivity index (χ2v) is 7.75. The number of aromatic nitrogens is 2. The lowest BCUT2D eigenvalue weighted by molar-refractivity contribution is 0.0783. The van der Waals surface area contributed by atoms with Gasteiger partial charge in [0.15, 0.2) is 0 Å². The van der Waals surface area contributed by atoms with E-state index in [0.717, 1.165) is 26.7 Å². The molecule has 2 aromatic heterocycles. The van der Waals surface area contributed by atoms with E-state index in [1.807, 2.05) is 12.1 Å². The second-order valence-electron chi connectivity index (χ2n) is 6.43. The van der Waals surface area contributed by atoms with Crippen LogP contribution in [0.25, 0.3) is 10.9 Å². The molecule has 1 aromatic carbocycles. The van der Waals surface area contributed by atoms with E-state index in [1.165, 1.54) is 0 Å². The average Bonchev–Trinajstić information content (AvgIpc) is 3.13. The number of carbonyl (C=O) groups excluding carboxylic acids is 1. The van der Waals surface area contributed by atoms with Crippen molar-refractivity contribution in [3.05, 3.63) is 62.3 Å². The van der Waals surface area contributed by atoms with Gasteiger partial charge in [-0.05, 0) is 45.8 Å². The molecule has 0 atom stereocenters. The fraction of sp³-hybridized carbons (Fsp3) is 0.211. The number of pyridine rings is 2. The van der Waals surface area contributed by atoms with Crippen LogP contribution in [0.1, 0.15) is 27.2 Å². The van der Waals surface area contributed by atoms with E-state index in [9.17, 15) is 4.79 Å². The topological polar surface area (TPSA) is 81.3 Å². The van der Waals surface area contributed by atoms with Crippen LogP contribution in [0.15, 0.2) is 34.9 Å². The Morgan fingerprint density at radius 1 is 1.33 bits per heavy atom. The maximum atomic E-state index is 13.0. The molecule has 8 heteroatoms. The standard InChI is InChI=1S/C19H16BrClN4O2/c1-25(7-11-3-2-10(20)6-23-11)19(26)13-4-12-14-8-27-9-15(14)18(22)24-17(12)5-16(13)21/h2-6H,7-9H2,1H3,(H2,22,24). The van der Waals surface area contributed by atoms with Crippen LogP contribution in [-0.2, 0) is 24.5 Å². The van der Waals surface area contributed by atoms with Crippen molar-refractivity contribution in [3.63, 3.8) is 0 Å². The average molecular weight is 448 g/mol. The van der Waals surface area contributed by atoms with Crippen LogP contribution in [-0.4, -0.2) is 27.8 Å². The zero-order valence-electron chi connectivity index (χ0n) is 14.5. The third-order valence-electron chi connectivity index (χ3n) is 4.58. The molecule has 1 amide bonds. The maximum Gasteiger partial charge on any atom is 0.255 e. The summed E-state index contributed by atoms with van der Waals surface area (Å²) in [6.07, 6.45) is 1.70. The van der Waals surface area contributed by atoms with Crippen LogP contribution in [0.3, 0.4) is 0 Å². The number of amides is 1. The van der Waals surface area contributed by atoms with E-state index in [1.54, 1.807) is 30.3 Å². The monoisotopic (exact) mass is 446 g/mol. The van der Waals surface area contributed by atoms with Gasteiger partial charge in [0.1, 0.15) is 5.82 Å². The molecule has 1 aliphatic rings. The SMILES string of the molecule is CN(Cc1ccc(Br)cn1)C(=O)c1cc2c3c(c(N)nc2cc1Cl)COC3. The quantitative estimate of drug-likeness (QED) is 0.658. The van der Waals surface area contributed by atoms with Gasteiger partial charge in [-0.2, -0.15) is 0 Å². The molecule has 2 N–H and O–H groups in total. The summed E-state index contributed by atoms with van der Waals surface area (Å²) >= 11 is 9.74. The molecule has 0 fully saturated rings. The lowest BCUT2D eigenvalue weighted by Gasteiger charge is -2.18. The summed E-state index contributed by atoms with van der Waals surface area (Å²) in [6, 6.07) is 7.23. The molecule has 0 saturated heterocycles. The van der Waals surface area contributed by atoms with Crippen LogP contribution in [0.2, 0.25) is 5.02 Å². The molecule has 27 heavy (non-hydrogen) atoms. The zero-order chi connectivity index (χ0) is 19.1. The van der Waals surface area contributed by atoms with Crippen molar-refractivity contribution < 1.29 is 9.53 Å². The number of halogens is 2. The minimum absolute atomic E-state index is 0.184. The first-order valence-corrected chi connectivity index (χ1v) is 9.45. The van der Waals surface area contributed by atoms with Crippen LogP contribution < -0.4 is 5.73 Å². The highest BCUT2D eigenvalue weighted by atomic mass is 79.9. The van der Waals surface area contributed by atoms with Gasteiger partial charge in [-0.3, -0.25) is 9.78 Å². The molecule has 6 nitrogen and oxygen atoms in total.